The lowest BCUT2D eigenvalue weighted by molar-refractivity contribution is -0.268. The molecule has 0 aromatic rings. The molecule has 0 bridgehead atoms. The van der Waals surface area contributed by atoms with Gasteiger partial charge in [-0.15, -0.1) is 0 Å². The second-order valence-corrected chi connectivity index (χ2v) is 10.5. The summed E-state index contributed by atoms with van der Waals surface area (Å²) in [5.41, 5.74) is -0.626. The maximum atomic E-state index is 12.3. The lowest BCUT2D eigenvalue weighted by atomic mass is 9.43. The van der Waals surface area contributed by atoms with Crippen molar-refractivity contribution in [1.29, 1.82) is 0 Å². The van der Waals surface area contributed by atoms with Crippen molar-refractivity contribution >= 4 is 17.7 Å². The van der Waals surface area contributed by atoms with E-state index in [0.29, 0.717) is 18.4 Å². The SMILES string of the molecule is C[C@]12CC[C@H]3[C@@H]([C@H](C(=O)O)CC4=CC(=O)CC(O)(O)[C@@]43C)[C@@H]1CC[C@H]2CCC(=O)O. The minimum absolute atomic E-state index is 0.1000. The predicted octanol–water partition coefficient (Wildman–Crippen LogP) is 2.60. The monoisotopic (exact) mass is 420 g/mol. The molecule has 3 fully saturated rings. The molecule has 0 amide bonds. The van der Waals surface area contributed by atoms with Crippen LogP contribution in [-0.4, -0.2) is 43.9 Å². The molecular weight excluding hydrogens is 388 g/mol. The molecule has 4 N–H and O–H groups in total. The highest BCUT2D eigenvalue weighted by molar-refractivity contribution is 5.93. The van der Waals surface area contributed by atoms with Gasteiger partial charge in [0.05, 0.1) is 12.3 Å². The van der Waals surface area contributed by atoms with Crippen molar-refractivity contribution in [2.75, 3.05) is 0 Å². The molecule has 0 spiro atoms. The van der Waals surface area contributed by atoms with Gasteiger partial charge in [-0.2, -0.15) is 0 Å². The van der Waals surface area contributed by atoms with E-state index in [1.54, 1.807) is 6.92 Å². The van der Waals surface area contributed by atoms with Crippen molar-refractivity contribution in [3.05, 3.63) is 11.6 Å². The highest BCUT2D eigenvalue weighted by atomic mass is 16.5. The van der Waals surface area contributed by atoms with E-state index in [2.05, 4.69) is 6.92 Å². The summed E-state index contributed by atoms with van der Waals surface area (Å²) in [6.07, 6.45) is 5.14. The minimum atomic E-state index is -2.18. The quantitative estimate of drug-likeness (QED) is 0.514. The molecule has 7 nitrogen and oxygen atoms in total. The summed E-state index contributed by atoms with van der Waals surface area (Å²) in [7, 11) is 0. The van der Waals surface area contributed by atoms with E-state index in [0.717, 1.165) is 19.3 Å². The predicted molar refractivity (Wildman–Crippen MR) is 106 cm³/mol. The molecule has 4 aliphatic rings. The van der Waals surface area contributed by atoms with Crippen LogP contribution in [0.25, 0.3) is 0 Å². The summed E-state index contributed by atoms with van der Waals surface area (Å²) >= 11 is 0. The summed E-state index contributed by atoms with van der Waals surface area (Å²) in [5.74, 6) is -5.05. The first-order chi connectivity index (χ1) is 13.9. The van der Waals surface area contributed by atoms with Crippen molar-refractivity contribution in [2.45, 2.75) is 71.0 Å². The summed E-state index contributed by atoms with van der Waals surface area (Å²) in [6, 6.07) is 0. The van der Waals surface area contributed by atoms with Crippen molar-refractivity contribution < 1.29 is 34.8 Å². The molecule has 30 heavy (non-hydrogen) atoms. The molecule has 4 rings (SSSR count). The zero-order valence-corrected chi connectivity index (χ0v) is 17.6. The van der Waals surface area contributed by atoms with Crippen LogP contribution in [0.2, 0.25) is 0 Å². The van der Waals surface area contributed by atoms with Gasteiger partial charge < -0.3 is 20.4 Å². The molecule has 3 saturated carbocycles. The van der Waals surface area contributed by atoms with E-state index in [-0.39, 0.29) is 54.1 Å². The molecule has 166 valence electrons. The molecule has 0 heterocycles. The van der Waals surface area contributed by atoms with Crippen LogP contribution in [0, 0.1) is 40.4 Å². The maximum Gasteiger partial charge on any atom is 0.307 e. The third-order valence-electron chi connectivity index (χ3n) is 9.45. The molecule has 7 atom stereocenters. The standard InChI is InChI=1S/C23H32O7/c1-21-8-7-17-19(16(21)5-3-12(21)4-6-18(25)26)15(20(27)28)10-13-9-14(24)11-23(29,30)22(13,17)2/h9,12,15-17,19,29-30H,3-8,10-11H2,1-2H3,(H,25,26)(H,27,28)/t12-,15+,16-,17-,19-,21+,22-/m0/s1. The van der Waals surface area contributed by atoms with Crippen LogP contribution >= 0.6 is 0 Å². The molecule has 0 radical (unpaired) electrons. The number of carboxylic acid groups (broad SMARTS) is 2. The topological polar surface area (TPSA) is 132 Å². The molecule has 0 unspecified atom stereocenters. The van der Waals surface area contributed by atoms with Crippen LogP contribution in [0.1, 0.15) is 65.2 Å². The smallest absolute Gasteiger partial charge is 0.307 e. The van der Waals surface area contributed by atoms with E-state index < -0.39 is 29.1 Å². The average molecular weight is 421 g/mol. The maximum absolute atomic E-state index is 12.3. The van der Waals surface area contributed by atoms with Gasteiger partial charge in [-0.25, -0.2) is 0 Å². The van der Waals surface area contributed by atoms with Crippen molar-refractivity contribution in [3.8, 4) is 0 Å². The van der Waals surface area contributed by atoms with Crippen LogP contribution in [0.3, 0.4) is 0 Å². The number of aliphatic carboxylic acids is 2. The summed E-state index contributed by atoms with van der Waals surface area (Å²) in [6.45, 7) is 3.97. The number of carboxylic acids is 2. The molecule has 4 aliphatic carbocycles. The van der Waals surface area contributed by atoms with Gasteiger partial charge in [-0.05, 0) is 73.7 Å². The normalized spacial score (nSPS) is 44.5. The largest absolute Gasteiger partial charge is 0.481 e. The van der Waals surface area contributed by atoms with Gasteiger partial charge in [0, 0.05) is 11.8 Å². The molecule has 0 saturated heterocycles. The van der Waals surface area contributed by atoms with Crippen molar-refractivity contribution in [1.82, 2.24) is 0 Å². The average Bonchev–Trinajstić information content (AvgIpc) is 2.96. The fourth-order valence-electron chi connectivity index (χ4n) is 7.82. The third-order valence-corrected chi connectivity index (χ3v) is 9.45. The number of hydrogen-bond acceptors (Lipinski definition) is 5. The van der Waals surface area contributed by atoms with Gasteiger partial charge in [-0.3, -0.25) is 14.4 Å². The lowest BCUT2D eigenvalue weighted by Crippen LogP contribution is -2.63. The van der Waals surface area contributed by atoms with E-state index >= 15 is 0 Å². The highest BCUT2D eigenvalue weighted by Crippen LogP contribution is 2.69. The zero-order chi connectivity index (χ0) is 22.1. The van der Waals surface area contributed by atoms with Crippen molar-refractivity contribution in [3.63, 3.8) is 0 Å². The van der Waals surface area contributed by atoms with Gasteiger partial charge in [-0.1, -0.05) is 19.4 Å². The van der Waals surface area contributed by atoms with Gasteiger partial charge in [0.15, 0.2) is 11.6 Å². The van der Waals surface area contributed by atoms with E-state index in [9.17, 15) is 29.7 Å². The first-order valence-electron chi connectivity index (χ1n) is 11.0. The Morgan fingerprint density at radius 2 is 1.80 bits per heavy atom. The van der Waals surface area contributed by atoms with E-state index in [1.807, 2.05) is 0 Å². The number of rotatable bonds is 4. The Bertz CT molecular complexity index is 814. The molecule has 0 aromatic heterocycles. The van der Waals surface area contributed by atoms with Gasteiger partial charge >= 0.3 is 11.9 Å². The summed E-state index contributed by atoms with van der Waals surface area (Å²) in [4.78, 5) is 35.6. The van der Waals surface area contributed by atoms with E-state index in [1.165, 1.54) is 6.08 Å². The number of ketones is 1. The lowest BCUT2D eigenvalue weighted by Gasteiger charge is -2.62. The van der Waals surface area contributed by atoms with Gasteiger partial charge in [0.1, 0.15) is 0 Å². The second kappa shape index (κ2) is 6.89. The van der Waals surface area contributed by atoms with Crippen LogP contribution in [0.15, 0.2) is 11.6 Å². The molecule has 0 aromatic carbocycles. The first kappa shape index (κ1) is 21.5. The fourth-order valence-corrected chi connectivity index (χ4v) is 7.82. The Labute approximate surface area is 176 Å². The van der Waals surface area contributed by atoms with Crippen LogP contribution in [-0.2, 0) is 14.4 Å². The Morgan fingerprint density at radius 1 is 1.10 bits per heavy atom. The Hall–Kier alpha value is -1.73. The zero-order valence-electron chi connectivity index (χ0n) is 17.6. The number of hydrogen-bond donors (Lipinski definition) is 4. The van der Waals surface area contributed by atoms with E-state index in [4.69, 9.17) is 5.11 Å². The van der Waals surface area contributed by atoms with Crippen LogP contribution in [0.4, 0.5) is 0 Å². The van der Waals surface area contributed by atoms with Crippen molar-refractivity contribution in [2.24, 2.45) is 40.4 Å². The highest BCUT2D eigenvalue weighted by Gasteiger charge is 2.67. The number of carbonyl (C=O) groups is 3. The number of fused-ring (bicyclic) bond motifs is 5. The Morgan fingerprint density at radius 3 is 2.43 bits per heavy atom. The number of aliphatic hydroxyl groups is 2. The van der Waals surface area contributed by atoms with Crippen LogP contribution in [0.5, 0.6) is 0 Å². The number of carbonyl (C=O) groups excluding carboxylic acids is 1. The Balaban J connectivity index is 1.75. The minimum Gasteiger partial charge on any atom is -0.481 e. The summed E-state index contributed by atoms with van der Waals surface area (Å²) < 4.78 is 0. The third kappa shape index (κ3) is 2.88. The molecule has 0 aliphatic heterocycles. The fraction of sp³-hybridized carbons (Fsp3) is 0.783. The molecular formula is C23H32O7. The molecule has 7 heteroatoms. The first-order valence-corrected chi connectivity index (χ1v) is 11.0. The van der Waals surface area contributed by atoms with Gasteiger partial charge in [0.25, 0.3) is 0 Å². The second-order valence-electron chi connectivity index (χ2n) is 10.5. The Kier molecular flexibility index (Phi) is 4.94. The van der Waals surface area contributed by atoms with Crippen LogP contribution < -0.4 is 0 Å². The van der Waals surface area contributed by atoms with Gasteiger partial charge in [0.2, 0.25) is 0 Å². The summed E-state index contributed by atoms with van der Waals surface area (Å²) in [5, 5.41) is 41.1.